The number of hydrogen-bond acceptors (Lipinski definition) is 5. The number of anilines is 1. The molecule has 1 aliphatic rings. The third-order valence-corrected chi connectivity index (χ3v) is 2.94. The predicted molar refractivity (Wildman–Crippen MR) is 70.8 cm³/mol. The Bertz CT molecular complexity index is 626. The van der Waals surface area contributed by atoms with Gasteiger partial charge in [0.25, 0.3) is 5.69 Å². The average Bonchev–Trinajstić information content (AvgIpc) is 3.23. The highest BCUT2D eigenvalue weighted by Gasteiger charge is 2.22. The van der Waals surface area contributed by atoms with Gasteiger partial charge in [-0.2, -0.15) is 0 Å². The minimum absolute atomic E-state index is 0.0542. The van der Waals surface area contributed by atoms with Crippen molar-refractivity contribution in [2.24, 2.45) is 0 Å². The van der Waals surface area contributed by atoms with Crippen LogP contribution < -0.4 is 5.32 Å². The Labute approximate surface area is 109 Å². The van der Waals surface area contributed by atoms with E-state index in [1.165, 1.54) is 6.07 Å². The summed E-state index contributed by atoms with van der Waals surface area (Å²) in [6.45, 7) is 0. The van der Waals surface area contributed by atoms with Crippen LogP contribution in [-0.4, -0.2) is 20.9 Å². The van der Waals surface area contributed by atoms with E-state index in [0.29, 0.717) is 23.2 Å². The first-order chi connectivity index (χ1) is 9.24. The lowest BCUT2D eigenvalue weighted by molar-refractivity contribution is -0.384. The Balaban J connectivity index is 1.99. The van der Waals surface area contributed by atoms with E-state index < -0.39 is 4.92 Å². The van der Waals surface area contributed by atoms with Gasteiger partial charge in [-0.15, -0.1) is 0 Å². The molecule has 1 N–H and O–H groups in total. The number of nitro groups is 1. The van der Waals surface area contributed by atoms with Crippen molar-refractivity contribution in [1.82, 2.24) is 9.97 Å². The highest BCUT2D eigenvalue weighted by Crippen LogP contribution is 2.29. The van der Waals surface area contributed by atoms with Crippen LogP contribution in [-0.2, 0) is 0 Å². The van der Waals surface area contributed by atoms with Gasteiger partial charge in [0.1, 0.15) is 0 Å². The fourth-order valence-corrected chi connectivity index (χ4v) is 1.84. The summed E-state index contributed by atoms with van der Waals surface area (Å²) < 4.78 is 0. The first-order valence-electron chi connectivity index (χ1n) is 6.07. The van der Waals surface area contributed by atoms with E-state index >= 15 is 0 Å². The molecule has 1 aromatic carbocycles. The number of nitro benzene ring substituents is 1. The molecule has 6 nitrogen and oxygen atoms in total. The molecule has 0 spiro atoms. The molecule has 19 heavy (non-hydrogen) atoms. The van der Waals surface area contributed by atoms with Crippen LogP contribution >= 0.6 is 0 Å². The van der Waals surface area contributed by atoms with Crippen LogP contribution in [0.5, 0.6) is 0 Å². The Morgan fingerprint density at radius 1 is 1.26 bits per heavy atom. The molecule has 0 bridgehead atoms. The Morgan fingerprint density at radius 3 is 2.79 bits per heavy atom. The quantitative estimate of drug-likeness (QED) is 0.671. The van der Waals surface area contributed by atoms with Crippen molar-refractivity contribution in [3.63, 3.8) is 0 Å². The van der Waals surface area contributed by atoms with E-state index in [1.54, 1.807) is 30.5 Å². The zero-order valence-corrected chi connectivity index (χ0v) is 10.1. The summed E-state index contributed by atoms with van der Waals surface area (Å²) >= 11 is 0. The van der Waals surface area contributed by atoms with Crippen molar-refractivity contribution < 1.29 is 4.92 Å². The highest BCUT2D eigenvalue weighted by molar-refractivity contribution is 5.70. The summed E-state index contributed by atoms with van der Waals surface area (Å²) in [5, 5.41) is 14.2. The molecule has 96 valence electrons. The topological polar surface area (TPSA) is 81.0 Å². The number of hydrogen-bond donors (Lipinski definition) is 1. The highest BCUT2D eigenvalue weighted by atomic mass is 16.6. The molecule has 0 atom stereocenters. The molecule has 0 unspecified atom stereocenters. The zero-order chi connectivity index (χ0) is 13.2. The molecule has 1 heterocycles. The number of benzene rings is 1. The molecule has 3 rings (SSSR count). The van der Waals surface area contributed by atoms with Crippen LogP contribution in [0.15, 0.2) is 36.5 Å². The van der Waals surface area contributed by atoms with Crippen LogP contribution in [0.4, 0.5) is 11.6 Å². The van der Waals surface area contributed by atoms with E-state index in [-0.39, 0.29) is 5.69 Å². The molecule has 6 heteroatoms. The second-order valence-corrected chi connectivity index (χ2v) is 4.46. The van der Waals surface area contributed by atoms with Crippen LogP contribution in [0.25, 0.3) is 11.3 Å². The van der Waals surface area contributed by atoms with E-state index in [9.17, 15) is 10.1 Å². The Morgan fingerprint density at radius 2 is 2.05 bits per heavy atom. The third-order valence-electron chi connectivity index (χ3n) is 2.94. The van der Waals surface area contributed by atoms with Crippen LogP contribution in [0.3, 0.4) is 0 Å². The maximum absolute atomic E-state index is 11.0. The number of para-hydroxylation sites is 1. The number of rotatable bonds is 4. The maximum atomic E-state index is 11.0. The monoisotopic (exact) mass is 256 g/mol. The third kappa shape index (κ3) is 2.52. The lowest BCUT2D eigenvalue weighted by Crippen LogP contribution is -2.05. The molecule has 1 aliphatic carbocycles. The van der Waals surface area contributed by atoms with E-state index in [1.807, 2.05) is 0 Å². The van der Waals surface area contributed by atoms with Gasteiger partial charge in [-0.05, 0) is 25.0 Å². The van der Waals surface area contributed by atoms with Gasteiger partial charge in [0.2, 0.25) is 5.95 Å². The van der Waals surface area contributed by atoms with Crippen LogP contribution in [0.1, 0.15) is 12.8 Å². The second kappa shape index (κ2) is 4.64. The van der Waals surface area contributed by atoms with Crippen molar-refractivity contribution in [3.8, 4) is 11.3 Å². The number of nitrogens with zero attached hydrogens (tertiary/aromatic N) is 3. The summed E-state index contributed by atoms with van der Waals surface area (Å²) in [4.78, 5) is 19.1. The maximum Gasteiger partial charge on any atom is 0.278 e. The van der Waals surface area contributed by atoms with E-state index in [2.05, 4.69) is 15.3 Å². The molecule has 0 aliphatic heterocycles. The van der Waals surface area contributed by atoms with Crippen LogP contribution in [0, 0.1) is 10.1 Å². The standard InChI is InChI=1S/C13H12N4O2/c18-17(19)12-4-2-1-3-10(12)11-7-8-14-13(16-11)15-9-5-6-9/h1-4,7-9H,5-6H2,(H,14,15,16). The fraction of sp³-hybridized carbons (Fsp3) is 0.231. The summed E-state index contributed by atoms with van der Waals surface area (Å²) in [6, 6.07) is 8.71. The minimum Gasteiger partial charge on any atom is -0.351 e. The first-order valence-corrected chi connectivity index (χ1v) is 6.07. The van der Waals surface area contributed by atoms with Crippen LogP contribution in [0.2, 0.25) is 0 Å². The van der Waals surface area contributed by atoms with Gasteiger partial charge in [-0.25, -0.2) is 9.97 Å². The Hall–Kier alpha value is -2.50. The number of aromatic nitrogens is 2. The molecule has 0 radical (unpaired) electrons. The SMILES string of the molecule is O=[N+]([O-])c1ccccc1-c1ccnc(NC2CC2)n1. The molecule has 1 fully saturated rings. The predicted octanol–water partition coefficient (Wildman–Crippen LogP) is 2.63. The van der Waals surface area contributed by atoms with Gasteiger partial charge >= 0.3 is 0 Å². The van der Waals surface area contributed by atoms with Crippen molar-refractivity contribution in [3.05, 3.63) is 46.6 Å². The normalized spacial score (nSPS) is 14.1. The average molecular weight is 256 g/mol. The molecular formula is C13H12N4O2. The van der Waals surface area contributed by atoms with Gasteiger partial charge in [-0.3, -0.25) is 10.1 Å². The molecule has 2 aromatic rings. The first kappa shape index (κ1) is 11.6. The van der Waals surface area contributed by atoms with E-state index in [0.717, 1.165) is 12.8 Å². The summed E-state index contributed by atoms with van der Waals surface area (Å²) in [7, 11) is 0. The van der Waals surface area contributed by atoms with Gasteiger partial charge in [0.05, 0.1) is 16.2 Å². The molecule has 0 amide bonds. The van der Waals surface area contributed by atoms with Gasteiger partial charge in [0, 0.05) is 18.3 Å². The number of nitrogens with one attached hydrogen (secondary N) is 1. The van der Waals surface area contributed by atoms with Gasteiger partial charge in [0.15, 0.2) is 0 Å². The summed E-state index contributed by atoms with van der Waals surface area (Å²) in [6.07, 6.45) is 3.86. The molecule has 1 aromatic heterocycles. The second-order valence-electron chi connectivity index (χ2n) is 4.46. The minimum atomic E-state index is -0.397. The van der Waals surface area contributed by atoms with Crippen molar-refractivity contribution >= 4 is 11.6 Å². The zero-order valence-electron chi connectivity index (χ0n) is 10.1. The molecule has 1 saturated carbocycles. The molecular weight excluding hydrogens is 244 g/mol. The van der Waals surface area contributed by atoms with E-state index in [4.69, 9.17) is 0 Å². The fourth-order valence-electron chi connectivity index (χ4n) is 1.84. The van der Waals surface area contributed by atoms with Crippen molar-refractivity contribution in [2.75, 3.05) is 5.32 Å². The lowest BCUT2D eigenvalue weighted by Gasteiger charge is -2.05. The Kier molecular flexibility index (Phi) is 2.83. The molecule has 0 saturated heterocycles. The van der Waals surface area contributed by atoms with Gasteiger partial charge < -0.3 is 5.32 Å². The van der Waals surface area contributed by atoms with Gasteiger partial charge in [-0.1, -0.05) is 12.1 Å². The summed E-state index contributed by atoms with van der Waals surface area (Å²) in [5.41, 5.74) is 1.12. The lowest BCUT2D eigenvalue weighted by atomic mass is 10.1. The summed E-state index contributed by atoms with van der Waals surface area (Å²) in [5.74, 6) is 0.526. The van der Waals surface area contributed by atoms with Crippen molar-refractivity contribution in [2.45, 2.75) is 18.9 Å². The smallest absolute Gasteiger partial charge is 0.278 e. The largest absolute Gasteiger partial charge is 0.351 e. The van der Waals surface area contributed by atoms with Crippen molar-refractivity contribution in [1.29, 1.82) is 0 Å².